The molecule has 2 rings (SSSR count). The Kier molecular flexibility index (Phi) is 3.25. The summed E-state index contributed by atoms with van der Waals surface area (Å²) >= 11 is 0. The summed E-state index contributed by atoms with van der Waals surface area (Å²) in [6, 6.07) is 15.5. The fourth-order valence-electron chi connectivity index (χ4n) is 1.94. The number of aliphatic hydroxyl groups excluding tert-OH is 1. The van der Waals surface area contributed by atoms with Crippen LogP contribution in [0.2, 0.25) is 0 Å². The van der Waals surface area contributed by atoms with Gasteiger partial charge in [0.05, 0.1) is 6.10 Å². The van der Waals surface area contributed by atoms with Crippen LogP contribution in [0.5, 0.6) is 0 Å². The topological polar surface area (TPSA) is 33.1 Å². The number of hydrogen-bond donors (Lipinski definition) is 1. The molecule has 0 aliphatic carbocycles. The van der Waals surface area contributed by atoms with Gasteiger partial charge in [-0.3, -0.25) is 4.98 Å². The van der Waals surface area contributed by atoms with Gasteiger partial charge < -0.3 is 5.11 Å². The highest BCUT2D eigenvalue weighted by molar-refractivity contribution is 5.26. The van der Waals surface area contributed by atoms with Crippen LogP contribution in [-0.2, 0) is 5.41 Å². The molecule has 0 aliphatic rings. The molecule has 2 nitrogen and oxygen atoms in total. The van der Waals surface area contributed by atoms with Crippen molar-refractivity contribution in [1.82, 2.24) is 4.98 Å². The Morgan fingerprint density at radius 1 is 1.00 bits per heavy atom. The molecule has 1 aromatic heterocycles. The lowest BCUT2D eigenvalue weighted by Crippen LogP contribution is -2.27. The summed E-state index contributed by atoms with van der Waals surface area (Å²) in [6.45, 7) is 4.01. The maximum absolute atomic E-state index is 10.5. The lowest BCUT2D eigenvalue weighted by Gasteiger charge is -2.30. The van der Waals surface area contributed by atoms with E-state index in [4.69, 9.17) is 0 Å². The van der Waals surface area contributed by atoms with Crippen molar-refractivity contribution >= 4 is 0 Å². The van der Waals surface area contributed by atoms with Crippen molar-refractivity contribution in [2.45, 2.75) is 25.4 Å². The zero-order valence-electron chi connectivity index (χ0n) is 10.2. The second-order valence-electron chi connectivity index (χ2n) is 4.75. The third-order valence-corrected chi connectivity index (χ3v) is 3.12. The normalized spacial score (nSPS) is 13.4. The molecular formula is C15H17NO. The zero-order chi connectivity index (χ0) is 12.3. The van der Waals surface area contributed by atoms with Gasteiger partial charge in [0.2, 0.25) is 0 Å². The van der Waals surface area contributed by atoms with Crippen LogP contribution >= 0.6 is 0 Å². The van der Waals surface area contributed by atoms with E-state index in [1.54, 1.807) is 6.20 Å². The van der Waals surface area contributed by atoms with Crippen molar-refractivity contribution < 1.29 is 5.11 Å². The molecule has 0 radical (unpaired) electrons. The summed E-state index contributed by atoms with van der Waals surface area (Å²) in [5, 5.41) is 10.5. The predicted molar refractivity (Wildman–Crippen MR) is 68.7 cm³/mol. The molecule has 88 valence electrons. The molecule has 2 aromatic rings. The van der Waals surface area contributed by atoms with Gasteiger partial charge in [-0.25, -0.2) is 0 Å². The SMILES string of the molecule is CC(C)(c1ccccn1)C(O)c1ccccc1. The molecule has 0 bridgehead atoms. The molecule has 1 atom stereocenters. The molecule has 1 aromatic carbocycles. The summed E-state index contributed by atoms with van der Waals surface area (Å²) in [4.78, 5) is 4.34. The highest BCUT2D eigenvalue weighted by atomic mass is 16.3. The molecular weight excluding hydrogens is 210 g/mol. The lowest BCUT2D eigenvalue weighted by molar-refractivity contribution is 0.0978. The van der Waals surface area contributed by atoms with Crippen LogP contribution in [0.1, 0.15) is 31.2 Å². The standard InChI is InChI=1S/C15H17NO/c1-15(2,13-10-6-7-11-16-13)14(17)12-8-4-3-5-9-12/h3-11,14,17H,1-2H3. The van der Waals surface area contributed by atoms with Crippen LogP contribution in [0.15, 0.2) is 54.7 Å². The quantitative estimate of drug-likeness (QED) is 0.874. The van der Waals surface area contributed by atoms with Crippen molar-refractivity contribution in [2.24, 2.45) is 0 Å². The Morgan fingerprint density at radius 2 is 1.65 bits per heavy atom. The first-order chi connectivity index (χ1) is 8.12. The predicted octanol–water partition coefficient (Wildman–Crippen LogP) is 3.09. The second-order valence-corrected chi connectivity index (χ2v) is 4.75. The smallest absolute Gasteiger partial charge is 0.0896 e. The van der Waals surface area contributed by atoms with Crippen LogP contribution in [0.4, 0.5) is 0 Å². The second kappa shape index (κ2) is 4.68. The molecule has 0 saturated carbocycles. The molecule has 2 heteroatoms. The Balaban J connectivity index is 2.33. The molecule has 1 N–H and O–H groups in total. The summed E-state index contributed by atoms with van der Waals surface area (Å²) in [5.41, 5.74) is 1.42. The number of nitrogens with zero attached hydrogens (tertiary/aromatic N) is 1. The van der Waals surface area contributed by atoms with E-state index in [1.165, 1.54) is 0 Å². The molecule has 0 spiro atoms. The van der Waals surface area contributed by atoms with Crippen LogP contribution in [0.25, 0.3) is 0 Å². The Morgan fingerprint density at radius 3 is 2.24 bits per heavy atom. The Hall–Kier alpha value is -1.67. The number of aromatic nitrogens is 1. The largest absolute Gasteiger partial charge is 0.387 e. The molecule has 0 aliphatic heterocycles. The number of benzene rings is 1. The van der Waals surface area contributed by atoms with E-state index >= 15 is 0 Å². The van der Waals surface area contributed by atoms with Gasteiger partial charge >= 0.3 is 0 Å². The van der Waals surface area contributed by atoms with Crippen LogP contribution < -0.4 is 0 Å². The van der Waals surface area contributed by atoms with Gasteiger partial charge in [0.1, 0.15) is 0 Å². The maximum Gasteiger partial charge on any atom is 0.0896 e. The molecule has 0 fully saturated rings. The molecule has 1 heterocycles. The van der Waals surface area contributed by atoms with E-state index in [-0.39, 0.29) is 0 Å². The van der Waals surface area contributed by atoms with Gasteiger partial charge in [0.25, 0.3) is 0 Å². The van der Waals surface area contributed by atoms with Crippen molar-refractivity contribution in [3.63, 3.8) is 0 Å². The third-order valence-electron chi connectivity index (χ3n) is 3.12. The number of aliphatic hydroxyl groups is 1. The van der Waals surface area contributed by atoms with Crippen LogP contribution in [0.3, 0.4) is 0 Å². The van der Waals surface area contributed by atoms with E-state index in [1.807, 2.05) is 62.4 Å². The average molecular weight is 227 g/mol. The summed E-state index contributed by atoms with van der Waals surface area (Å²) in [6.07, 6.45) is 1.20. The minimum Gasteiger partial charge on any atom is -0.387 e. The van der Waals surface area contributed by atoms with Crippen molar-refractivity contribution in [1.29, 1.82) is 0 Å². The van der Waals surface area contributed by atoms with Crippen molar-refractivity contribution in [3.05, 3.63) is 66.0 Å². The summed E-state index contributed by atoms with van der Waals surface area (Å²) in [7, 11) is 0. The zero-order valence-corrected chi connectivity index (χ0v) is 10.2. The highest BCUT2D eigenvalue weighted by Crippen LogP contribution is 2.35. The van der Waals surface area contributed by atoms with Gasteiger partial charge in [-0.2, -0.15) is 0 Å². The van der Waals surface area contributed by atoms with Crippen LogP contribution in [0, 0.1) is 0 Å². The monoisotopic (exact) mass is 227 g/mol. The van der Waals surface area contributed by atoms with E-state index in [9.17, 15) is 5.11 Å². The van der Waals surface area contributed by atoms with Gasteiger partial charge in [0.15, 0.2) is 0 Å². The van der Waals surface area contributed by atoms with E-state index in [0.717, 1.165) is 11.3 Å². The molecule has 0 saturated heterocycles. The maximum atomic E-state index is 10.5. The Bertz CT molecular complexity index is 465. The molecule has 1 unspecified atom stereocenters. The van der Waals surface area contributed by atoms with E-state index in [0.29, 0.717) is 0 Å². The average Bonchev–Trinajstić information content (AvgIpc) is 2.40. The van der Waals surface area contributed by atoms with Gasteiger partial charge in [-0.05, 0) is 17.7 Å². The highest BCUT2D eigenvalue weighted by Gasteiger charge is 2.31. The summed E-state index contributed by atoms with van der Waals surface area (Å²) < 4.78 is 0. The number of pyridine rings is 1. The molecule has 17 heavy (non-hydrogen) atoms. The fraction of sp³-hybridized carbons (Fsp3) is 0.267. The minimum absolute atomic E-state index is 0.400. The Labute approximate surface area is 102 Å². The van der Waals surface area contributed by atoms with Gasteiger partial charge in [-0.15, -0.1) is 0 Å². The van der Waals surface area contributed by atoms with Crippen molar-refractivity contribution in [3.8, 4) is 0 Å². The lowest BCUT2D eigenvalue weighted by atomic mass is 9.79. The van der Waals surface area contributed by atoms with E-state index in [2.05, 4.69) is 4.98 Å². The number of hydrogen-bond acceptors (Lipinski definition) is 2. The first-order valence-corrected chi connectivity index (χ1v) is 5.77. The van der Waals surface area contributed by atoms with Crippen LogP contribution in [-0.4, -0.2) is 10.1 Å². The minimum atomic E-state index is -0.557. The molecule has 0 amide bonds. The fourth-order valence-corrected chi connectivity index (χ4v) is 1.94. The van der Waals surface area contributed by atoms with Crippen molar-refractivity contribution in [2.75, 3.05) is 0 Å². The first-order valence-electron chi connectivity index (χ1n) is 5.77. The third kappa shape index (κ3) is 2.37. The summed E-state index contributed by atoms with van der Waals surface area (Å²) in [5.74, 6) is 0. The van der Waals surface area contributed by atoms with Gasteiger partial charge in [0, 0.05) is 17.3 Å². The number of rotatable bonds is 3. The van der Waals surface area contributed by atoms with E-state index < -0.39 is 11.5 Å². The first kappa shape index (κ1) is 11.8. The van der Waals surface area contributed by atoms with Gasteiger partial charge in [-0.1, -0.05) is 50.2 Å².